The lowest BCUT2D eigenvalue weighted by Crippen LogP contribution is -2.64. The lowest BCUT2D eigenvalue weighted by Gasteiger charge is -2.41. The van der Waals surface area contributed by atoms with E-state index in [1.54, 1.807) is 60.6 Å². The van der Waals surface area contributed by atoms with E-state index in [4.69, 9.17) is 4.74 Å². The number of amides is 11. The fourth-order valence-electron chi connectivity index (χ4n) is 12.5. The van der Waals surface area contributed by atoms with E-state index in [1.807, 2.05) is 41.5 Å². The zero-order chi connectivity index (χ0) is 75.3. The highest BCUT2D eigenvalue weighted by molar-refractivity contribution is 7.85. The van der Waals surface area contributed by atoms with Gasteiger partial charge in [0.1, 0.15) is 66.5 Å². The van der Waals surface area contributed by atoms with Crippen molar-refractivity contribution in [3.05, 3.63) is 12.2 Å². The van der Waals surface area contributed by atoms with E-state index in [0.29, 0.717) is 39.3 Å². The predicted molar refractivity (Wildman–Crippen MR) is 379 cm³/mol. The van der Waals surface area contributed by atoms with E-state index < -0.39 is 184 Å². The van der Waals surface area contributed by atoms with Gasteiger partial charge in [0.25, 0.3) is 0 Å². The summed E-state index contributed by atoms with van der Waals surface area (Å²) < 4.78 is 19.9. The van der Waals surface area contributed by atoms with Gasteiger partial charge >= 0.3 is 0 Å². The van der Waals surface area contributed by atoms with Gasteiger partial charge in [-0.25, -0.2) is 0 Å². The highest BCUT2D eigenvalue weighted by Gasteiger charge is 2.47. The Bertz CT molecular complexity index is 2740. The molecule has 2 aliphatic rings. The first-order valence-corrected chi connectivity index (χ1v) is 36.6. The third-order valence-corrected chi connectivity index (χ3v) is 20.1. The molecule has 0 aliphatic carbocycles. The minimum atomic E-state index is -1.80. The van der Waals surface area contributed by atoms with Crippen molar-refractivity contribution in [3.8, 4) is 0 Å². The molecule has 2 rings (SSSR count). The van der Waals surface area contributed by atoms with Gasteiger partial charge in [-0.1, -0.05) is 95.2 Å². The number of likely N-dealkylation sites (N-methyl/N-ethyl adjacent to an activating group) is 7. The minimum Gasteiger partial charge on any atom is -0.390 e. The van der Waals surface area contributed by atoms with Crippen LogP contribution >= 0.6 is 0 Å². The molecular weight excluding hydrogens is 1280 g/mol. The van der Waals surface area contributed by atoms with Gasteiger partial charge < -0.3 is 70.5 Å². The van der Waals surface area contributed by atoms with Crippen molar-refractivity contribution < 1.29 is 71.9 Å². The van der Waals surface area contributed by atoms with Gasteiger partial charge in [-0.2, -0.15) is 0 Å². The molecule has 27 nitrogen and oxygen atoms in total. The number of carbonyl (C=O) groups excluding carboxylic acids is 11. The van der Waals surface area contributed by atoms with Crippen molar-refractivity contribution in [2.75, 3.05) is 93.7 Å². The number of nitrogens with zero attached hydrogens (tertiary/aromatic N) is 8. The molecule has 14 atom stereocenters. The number of rotatable bonds is 21. The Morgan fingerprint density at radius 2 is 0.990 bits per heavy atom. The highest BCUT2D eigenvalue weighted by atomic mass is 32.2. The van der Waals surface area contributed by atoms with Crippen molar-refractivity contribution >= 4 is 75.8 Å². The maximum atomic E-state index is 15.5. The van der Waals surface area contributed by atoms with E-state index in [-0.39, 0.29) is 55.6 Å². The summed E-state index contributed by atoms with van der Waals surface area (Å²) in [6.07, 6.45) is 2.49. The summed E-state index contributed by atoms with van der Waals surface area (Å²) in [6, 6.07) is -15.1. The number of aliphatic hydroxyl groups is 2. The Morgan fingerprint density at radius 3 is 1.48 bits per heavy atom. The largest absolute Gasteiger partial charge is 0.390 e. The molecule has 0 saturated carbocycles. The molecule has 1 unspecified atom stereocenters. The monoisotopic (exact) mass is 1410 g/mol. The molecule has 28 heteroatoms. The molecule has 2 saturated heterocycles. The van der Waals surface area contributed by atoms with Crippen molar-refractivity contribution in [2.24, 2.45) is 35.5 Å². The van der Waals surface area contributed by atoms with Gasteiger partial charge in [-0.3, -0.25) is 61.8 Å². The number of allylic oxidation sites excluding steroid dienone is 2. The second-order valence-electron chi connectivity index (χ2n) is 29.8. The number of morpholine rings is 1. The zero-order valence-electron chi connectivity index (χ0n) is 63.6. The Kier molecular flexibility index (Phi) is 36.2. The number of carbonyl (C=O) groups is 11. The van der Waals surface area contributed by atoms with Crippen LogP contribution in [-0.2, 0) is 68.3 Å². The number of aliphatic hydroxyl groups excluding tert-OH is 1. The van der Waals surface area contributed by atoms with E-state index in [9.17, 15) is 33.6 Å². The molecule has 6 N–H and O–H groups in total. The summed E-state index contributed by atoms with van der Waals surface area (Å²) >= 11 is 0. The summed E-state index contributed by atoms with van der Waals surface area (Å²) in [5, 5.41) is 34.7. The van der Waals surface area contributed by atoms with Gasteiger partial charge in [-0.15, -0.1) is 0 Å². The van der Waals surface area contributed by atoms with Crippen molar-refractivity contribution in [1.29, 1.82) is 0 Å². The topological polar surface area (TPSA) is 329 Å². The molecule has 2 fully saturated rings. The number of nitrogens with one attached hydrogen (secondary N) is 4. The molecule has 0 aromatic rings. The lowest BCUT2D eigenvalue weighted by molar-refractivity contribution is -0.157. The lowest BCUT2D eigenvalue weighted by atomic mass is 9.91. The van der Waals surface area contributed by atoms with Gasteiger partial charge in [0.2, 0.25) is 65.0 Å². The third kappa shape index (κ3) is 25.5. The van der Waals surface area contributed by atoms with Crippen molar-refractivity contribution in [3.63, 3.8) is 0 Å². The molecule has 0 spiro atoms. The molecule has 0 aromatic heterocycles. The second kappa shape index (κ2) is 40.4. The van der Waals surface area contributed by atoms with Gasteiger partial charge in [0.05, 0.1) is 30.7 Å². The first-order chi connectivity index (χ1) is 45.4. The average molecular weight is 1410 g/mol. The summed E-state index contributed by atoms with van der Waals surface area (Å²) in [5.41, 5.74) is -1.65. The Hall–Kier alpha value is -6.10. The Balaban J connectivity index is 3.14. The van der Waals surface area contributed by atoms with Crippen LogP contribution in [0.2, 0.25) is 0 Å². The van der Waals surface area contributed by atoms with Crippen LogP contribution in [0.3, 0.4) is 0 Å². The van der Waals surface area contributed by atoms with Crippen LogP contribution in [0.5, 0.6) is 0 Å². The van der Waals surface area contributed by atoms with Crippen LogP contribution < -0.4 is 21.3 Å². The molecule has 0 bridgehead atoms. The van der Waals surface area contributed by atoms with E-state index in [0.717, 1.165) is 14.7 Å². The number of ether oxygens (including phenoxy) is 1. The maximum Gasteiger partial charge on any atom is 0.246 e. The van der Waals surface area contributed by atoms with Crippen LogP contribution in [0.1, 0.15) is 163 Å². The zero-order valence-corrected chi connectivity index (χ0v) is 64.5. The Morgan fingerprint density at radius 1 is 0.541 bits per heavy atom. The standard InChI is InChI=1S/C70H126N12O15S/c1-25-27-29-46(13)58(83)57-62(87)73-49(26-2)64(89)79(22)54(40-98(96)35-28-30-82-31-33-97-34-32-82)67(92)78(21)53(39-70(16,17)95)61(86)74-55(44(9)10)68(93)75(18)50(36-41(3)4)60(85)71-47(14)59(84)72-48(15)63(88)76(19)51(37-42(5)6)65(90)77(20)52(38-43(7)8)66(91)80(23)56(45(11)12)69(94)81(57)24/h25,27,41-58,83,95H,26,28-40H2,1-24H3,(H,71,85)(H,72,84)(H,73,87)(H,74,86)/t46-,47+,48-,49+,50+,51+,52+,53+,54-,55+,56+,57+,58-,98?/m1/s1. The van der Waals surface area contributed by atoms with Crippen molar-refractivity contribution in [2.45, 2.75) is 241 Å². The predicted octanol–water partition coefficient (Wildman–Crippen LogP) is 2.22. The first-order valence-electron chi connectivity index (χ1n) is 35.1. The van der Waals surface area contributed by atoms with Gasteiger partial charge in [-0.05, 0) is 115 Å². The fraction of sp³-hybridized carbons (Fsp3) is 0.814. The van der Waals surface area contributed by atoms with Crippen LogP contribution in [0.25, 0.3) is 0 Å². The molecule has 0 aromatic carbocycles. The molecule has 2 heterocycles. The smallest absolute Gasteiger partial charge is 0.246 e. The molecule has 562 valence electrons. The second-order valence-corrected chi connectivity index (χ2v) is 31.4. The molecule has 11 amide bonds. The van der Waals surface area contributed by atoms with Crippen LogP contribution in [0.4, 0.5) is 0 Å². The minimum absolute atomic E-state index is 0.0932. The normalized spacial score (nSPS) is 27.3. The van der Waals surface area contributed by atoms with E-state index in [1.165, 1.54) is 96.6 Å². The SMILES string of the molecule is CC=CC[C@@H](C)[C@@H](O)[C@H]1C(=O)N[C@@H](CC)C(=O)N(C)[C@H](CS(=O)CCCN2CCOCC2)C(=O)N(C)[C@@H](CC(C)(C)O)C(=O)N[C@@H](C(C)C)C(=O)N(C)[C@@H](CC(C)C)C(=O)N[C@@H](C)C(=O)N[C@H](C)C(=O)N(C)[C@@H](CC(C)C)C(=O)N(C)[C@@H](CC(C)C)C(=O)N(C)[C@@H](C(C)C)C(=O)N1C. The van der Waals surface area contributed by atoms with Crippen molar-refractivity contribution in [1.82, 2.24) is 60.5 Å². The van der Waals surface area contributed by atoms with Crippen LogP contribution in [-0.4, -0.2) is 290 Å². The first kappa shape index (κ1) is 88.0. The molecular formula is C70H126N12O15S. The summed E-state index contributed by atoms with van der Waals surface area (Å²) in [6.45, 7) is 31.6. The van der Waals surface area contributed by atoms with E-state index >= 15 is 33.6 Å². The summed E-state index contributed by atoms with van der Waals surface area (Å²) in [7, 11) is 7.80. The number of hydrogen-bond donors (Lipinski definition) is 6. The van der Waals surface area contributed by atoms with Gasteiger partial charge in [0, 0.05) is 85.4 Å². The maximum absolute atomic E-state index is 15.5. The quantitative estimate of drug-likeness (QED) is 0.0898. The summed E-state index contributed by atoms with van der Waals surface area (Å²) in [4.78, 5) is 175. The molecule has 2 aliphatic heterocycles. The van der Waals surface area contributed by atoms with Gasteiger partial charge in [0.15, 0.2) is 0 Å². The fourth-order valence-corrected chi connectivity index (χ4v) is 13.8. The molecule has 98 heavy (non-hydrogen) atoms. The molecule has 0 radical (unpaired) electrons. The highest BCUT2D eigenvalue weighted by Crippen LogP contribution is 2.27. The van der Waals surface area contributed by atoms with Crippen LogP contribution in [0.15, 0.2) is 12.2 Å². The van der Waals surface area contributed by atoms with E-state index in [2.05, 4.69) is 26.2 Å². The van der Waals surface area contributed by atoms with Crippen LogP contribution in [0, 0.1) is 35.5 Å². The number of hydrogen-bond acceptors (Lipinski definition) is 16. The Labute approximate surface area is 587 Å². The average Bonchev–Trinajstić information content (AvgIpc) is 0.806. The third-order valence-electron chi connectivity index (χ3n) is 18.7. The summed E-state index contributed by atoms with van der Waals surface area (Å²) in [5.74, 6) is -11.3.